The van der Waals surface area contributed by atoms with Gasteiger partial charge in [-0.05, 0) is 30.9 Å². The highest BCUT2D eigenvalue weighted by Gasteiger charge is 2.17. The highest BCUT2D eigenvalue weighted by atomic mass is 16.5. The van der Waals surface area contributed by atoms with Crippen LogP contribution in [0.25, 0.3) is 0 Å². The molecule has 6 nitrogen and oxygen atoms in total. The summed E-state index contributed by atoms with van der Waals surface area (Å²) in [4.78, 5) is 14.4. The van der Waals surface area contributed by atoms with E-state index in [9.17, 15) is 10.1 Å². The summed E-state index contributed by atoms with van der Waals surface area (Å²) in [7, 11) is 3.08. The number of rotatable bonds is 5. The molecule has 1 aliphatic rings. The summed E-state index contributed by atoms with van der Waals surface area (Å²) in [5.41, 5.74) is 0.644. The highest BCUT2D eigenvalue weighted by Crippen LogP contribution is 2.29. The predicted molar refractivity (Wildman–Crippen MR) is 91.8 cm³/mol. The number of anilines is 1. The third kappa shape index (κ3) is 4.42. The molecule has 0 radical (unpaired) electrons. The number of methoxy groups -OCH3 is 2. The Morgan fingerprint density at radius 2 is 1.96 bits per heavy atom. The average molecular weight is 329 g/mol. The number of piperidine rings is 1. The van der Waals surface area contributed by atoms with Crippen LogP contribution in [0.4, 0.5) is 5.69 Å². The number of likely N-dealkylation sites (tertiary alicyclic amines) is 1. The molecule has 0 aromatic heterocycles. The first-order valence-electron chi connectivity index (χ1n) is 7.96. The van der Waals surface area contributed by atoms with Gasteiger partial charge in [0.2, 0.25) is 0 Å². The number of nitriles is 1. The Labute approximate surface area is 142 Å². The van der Waals surface area contributed by atoms with Crippen LogP contribution in [0.2, 0.25) is 0 Å². The van der Waals surface area contributed by atoms with Crippen LogP contribution in [0.15, 0.2) is 30.0 Å². The molecule has 1 aliphatic heterocycles. The lowest BCUT2D eigenvalue weighted by molar-refractivity contribution is -0.112. The Balaban J connectivity index is 2.08. The molecule has 24 heavy (non-hydrogen) atoms. The average Bonchev–Trinajstić information content (AvgIpc) is 2.60. The smallest absolute Gasteiger partial charge is 0.267 e. The third-order valence-electron chi connectivity index (χ3n) is 4.14. The Morgan fingerprint density at radius 3 is 2.54 bits per heavy atom. The van der Waals surface area contributed by atoms with Crippen molar-refractivity contribution in [2.75, 3.05) is 32.6 Å². The highest BCUT2D eigenvalue weighted by molar-refractivity contribution is 6.06. The number of carbonyl (C=O) groups is 1. The topological polar surface area (TPSA) is 74.6 Å². The van der Waals surface area contributed by atoms with Crippen molar-refractivity contribution in [1.29, 1.82) is 5.26 Å². The second kappa shape index (κ2) is 8.25. The summed E-state index contributed by atoms with van der Waals surface area (Å²) in [5.74, 6) is 1.36. The van der Waals surface area contributed by atoms with E-state index in [0.717, 1.165) is 25.9 Å². The van der Waals surface area contributed by atoms with Crippen molar-refractivity contribution in [3.63, 3.8) is 0 Å². The summed E-state index contributed by atoms with van der Waals surface area (Å²) < 4.78 is 10.4. The zero-order valence-corrected chi connectivity index (χ0v) is 14.3. The molecule has 0 atom stereocenters. The lowest BCUT2D eigenvalue weighted by atomic mass is 9.99. The molecule has 0 unspecified atom stereocenters. The lowest BCUT2D eigenvalue weighted by Gasteiger charge is -2.29. The number of benzene rings is 1. The van der Waals surface area contributed by atoms with E-state index in [1.807, 2.05) is 11.0 Å². The van der Waals surface area contributed by atoms with E-state index in [1.54, 1.807) is 31.5 Å². The number of carbonyl (C=O) groups excluding carboxylic acids is 1. The molecule has 1 N–H and O–H groups in total. The minimum Gasteiger partial charge on any atom is -0.493 e. The third-order valence-corrected chi connectivity index (χ3v) is 4.14. The first kappa shape index (κ1) is 17.7. The quantitative estimate of drug-likeness (QED) is 0.664. The number of nitrogens with one attached hydrogen (secondary N) is 1. The molecule has 1 fully saturated rings. The Hall–Kier alpha value is -2.68. The van der Waals surface area contributed by atoms with Crippen LogP contribution in [0.1, 0.15) is 19.8 Å². The second-order valence-corrected chi connectivity index (χ2v) is 5.90. The van der Waals surface area contributed by atoms with Crippen molar-refractivity contribution >= 4 is 11.6 Å². The van der Waals surface area contributed by atoms with Crippen LogP contribution in [-0.4, -0.2) is 38.1 Å². The SMILES string of the molecule is COc1ccc(NC(=O)/C(C#N)=C\N2CCC(C)CC2)cc1OC. The van der Waals surface area contributed by atoms with Crippen molar-refractivity contribution in [2.45, 2.75) is 19.8 Å². The molecule has 6 heteroatoms. The zero-order valence-electron chi connectivity index (χ0n) is 14.3. The van der Waals surface area contributed by atoms with Crippen LogP contribution in [0, 0.1) is 17.2 Å². The van der Waals surface area contributed by atoms with Gasteiger partial charge in [0.25, 0.3) is 5.91 Å². The molecule has 1 heterocycles. The van der Waals surface area contributed by atoms with Crippen molar-refractivity contribution in [2.24, 2.45) is 5.92 Å². The molecule has 0 bridgehead atoms. The van der Waals surface area contributed by atoms with E-state index in [4.69, 9.17) is 9.47 Å². The van der Waals surface area contributed by atoms with Crippen LogP contribution in [-0.2, 0) is 4.79 Å². The Morgan fingerprint density at radius 1 is 1.29 bits per heavy atom. The van der Waals surface area contributed by atoms with E-state index < -0.39 is 5.91 Å². The number of ether oxygens (including phenoxy) is 2. The summed E-state index contributed by atoms with van der Waals surface area (Å²) in [6, 6.07) is 7.05. The molecule has 0 spiro atoms. The molecule has 128 valence electrons. The van der Waals surface area contributed by atoms with Gasteiger partial charge < -0.3 is 19.7 Å². The Bertz CT molecular complexity index is 656. The predicted octanol–water partition coefficient (Wildman–Crippen LogP) is 2.78. The fourth-order valence-corrected chi connectivity index (χ4v) is 2.59. The van der Waals surface area contributed by atoms with Crippen LogP contribution in [0.5, 0.6) is 11.5 Å². The minimum absolute atomic E-state index is 0.0966. The largest absolute Gasteiger partial charge is 0.493 e. The van der Waals surface area contributed by atoms with Gasteiger partial charge in [-0.1, -0.05) is 6.92 Å². The fraction of sp³-hybridized carbons (Fsp3) is 0.444. The number of hydrogen-bond acceptors (Lipinski definition) is 5. The van der Waals surface area contributed by atoms with Gasteiger partial charge >= 0.3 is 0 Å². The molecular weight excluding hydrogens is 306 g/mol. The maximum Gasteiger partial charge on any atom is 0.267 e. The monoisotopic (exact) mass is 329 g/mol. The van der Waals surface area contributed by atoms with Gasteiger partial charge in [-0.15, -0.1) is 0 Å². The lowest BCUT2D eigenvalue weighted by Crippen LogP contribution is -2.29. The molecule has 1 amide bonds. The summed E-state index contributed by atoms with van der Waals surface area (Å²) in [6.07, 6.45) is 3.81. The number of amides is 1. The summed E-state index contributed by atoms with van der Waals surface area (Å²) in [6.45, 7) is 3.96. The van der Waals surface area contributed by atoms with Gasteiger partial charge in [-0.25, -0.2) is 0 Å². The van der Waals surface area contributed by atoms with Crippen molar-refractivity contribution in [3.8, 4) is 17.6 Å². The van der Waals surface area contributed by atoms with E-state index >= 15 is 0 Å². The second-order valence-electron chi connectivity index (χ2n) is 5.90. The molecule has 0 saturated carbocycles. The minimum atomic E-state index is -0.427. The fourth-order valence-electron chi connectivity index (χ4n) is 2.59. The zero-order chi connectivity index (χ0) is 17.5. The molecule has 0 aliphatic carbocycles. The van der Waals surface area contributed by atoms with Gasteiger partial charge in [-0.3, -0.25) is 4.79 Å². The van der Waals surface area contributed by atoms with Gasteiger partial charge in [0, 0.05) is 31.0 Å². The molecule has 1 aromatic carbocycles. The summed E-state index contributed by atoms with van der Waals surface area (Å²) >= 11 is 0. The number of nitrogens with zero attached hydrogens (tertiary/aromatic N) is 2. The van der Waals surface area contributed by atoms with E-state index in [2.05, 4.69) is 12.2 Å². The van der Waals surface area contributed by atoms with Gasteiger partial charge in [0.1, 0.15) is 11.6 Å². The van der Waals surface area contributed by atoms with Crippen LogP contribution >= 0.6 is 0 Å². The van der Waals surface area contributed by atoms with Gasteiger partial charge in [0.15, 0.2) is 11.5 Å². The summed E-state index contributed by atoms with van der Waals surface area (Å²) in [5, 5.41) is 12.0. The van der Waals surface area contributed by atoms with E-state index in [0.29, 0.717) is 23.1 Å². The standard InChI is InChI=1S/C18H23N3O3/c1-13-6-8-21(9-7-13)12-14(11-19)18(22)20-15-4-5-16(23-2)17(10-15)24-3/h4-5,10,12-13H,6-9H2,1-3H3,(H,20,22)/b14-12-. The van der Waals surface area contributed by atoms with Crippen molar-refractivity contribution in [1.82, 2.24) is 4.90 Å². The first-order chi connectivity index (χ1) is 11.6. The number of hydrogen-bond donors (Lipinski definition) is 1. The molecule has 2 rings (SSSR count). The first-order valence-corrected chi connectivity index (χ1v) is 7.96. The van der Waals surface area contributed by atoms with Gasteiger partial charge in [-0.2, -0.15) is 5.26 Å². The van der Waals surface area contributed by atoms with Crippen molar-refractivity contribution in [3.05, 3.63) is 30.0 Å². The Kier molecular flexibility index (Phi) is 6.07. The van der Waals surface area contributed by atoms with Crippen LogP contribution < -0.4 is 14.8 Å². The van der Waals surface area contributed by atoms with Crippen molar-refractivity contribution < 1.29 is 14.3 Å². The van der Waals surface area contributed by atoms with Crippen LogP contribution in [0.3, 0.4) is 0 Å². The normalized spacial score (nSPS) is 15.6. The molecular formula is C18H23N3O3. The maximum atomic E-state index is 12.3. The molecule has 1 saturated heterocycles. The van der Waals surface area contributed by atoms with Gasteiger partial charge in [0.05, 0.1) is 14.2 Å². The van der Waals surface area contributed by atoms with E-state index in [1.165, 1.54) is 7.11 Å². The maximum absolute atomic E-state index is 12.3. The molecule has 1 aromatic rings. The van der Waals surface area contributed by atoms with E-state index in [-0.39, 0.29) is 5.57 Å².